The molecular formula is C40H86Br2N2. The lowest BCUT2D eigenvalue weighted by molar-refractivity contribution is -0.934. The number of unbranched alkanes of at least 4 members (excludes halogenated alkanes) is 19. The molecule has 0 unspecified atom stereocenters. The zero-order valence-electron chi connectivity index (χ0n) is 31.7. The van der Waals surface area contributed by atoms with Gasteiger partial charge in [-0.1, -0.05) is 144 Å². The first-order valence-corrected chi connectivity index (χ1v) is 20.3. The third-order valence-electron chi connectivity index (χ3n) is 10.3. The minimum atomic E-state index is 0. The fraction of sp³-hybridized carbons (Fsp3) is 1.00. The number of hydrogen-bond acceptors (Lipinski definition) is 0. The van der Waals surface area contributed by atoms with Crippen molar-refractivity contribution in [3.05, 3.63) is 0 Å². The molecule has 0 aliphatic carbocycles. The molecule has 0 saturated carbocycles. The van der Waals surface area contributed by atoms with E-state index in [2.05, 4.69) is 41.5 Å². The van der Waals surface area contributed by atoms with Gasteiger partial charge in [-0.25, -0.2) is 0 Å². The lowest BCUT2D eigenvalue weighted by Crippen LogP contribution is -3.00. The Bertz CT molecular complexity index is 470. The Morgan fingerprint density at radius 3 is 0.591 bits per heavy atom. The van der Waals surface area contributed by atoms with Crippen LogP contribution in [0.4, 0.5) is 0 Å². The molecule has 2 nitrogen and oxygen atoms in total. The highest BCUT2D eigenvalue weighted by Crippen LogP contribution is 2.20. The summed E-state index contributed by atoms with van der Waals surface area (Å²) in [6.45, 7) is 25.8. The Hall–Kier alpha value is 0.880. The van der Waals surface area contributed by atoms with E-state index in [1.54, 1.807) is 0 Å². The van der Waals surface area contributed by atoms with Crippen LogP contribution in [0.5, 0.6) is 0 Å². The quantitative estimate of drug-likeness (QED) is 0.0489. The maximum Gasteiger partial charge on any atom is 0.0788 e. The summed E-state index contributed by atoms with van der Waals surface area (Å²) in [6.07, 6.45) is 37.4. The lowest BCUT2D eigenvalue weighted by atomic mass is 10.1. The van der Waals surface area contributed by atoms with Crippen LogP contribution in [0, 0.1) is 0 Å². The topological polar surface area (TPSA) is 0 Å². The summed E-state index contributed by atoms with van der Waals surface area (Å²) >= 11 is 0. The maximum atomic E-state index is 2.43. The van der Waals surface area contributed by atoms with Crippen LogP contribution >= 0.6 is 0 Å². The number of quaternary nitrogens is 2. The van der Waals surface area contributed by atoms with Crippen molar-refractivity contribution in [1.29, 1.82) is 0 Å². The normalized spacial score (nSPS) is 11.9. The van der Waals surface area contributed by atoms with Crippen molar-refractivity contribution >= 4 is 0 Å². The van der Waals surface area contributed by atoms with Gasteiger partial charge in [0.2, 0.25) is 0 Å². The molecule has 0 N–H and O–H groups in total. The fourth-order valence-electron chi connectivity index (χ4n) is 8.00. The van der Waals surface area contributed by atoms with Crippen LogP contribution in [0.15, 0.2) is 0 Å². The van der Waals surface area contributed by atoms with Crippen LogP contribution in [0.3, 0.4) is 0 Å². The van der Waals surface area contributed by atoms with Crippen molar-refractivity contribution in [3.8, 4) is 0 Å². The second-order valence-corrected chi connectivity index (χ2v) is 14.5. The van der Waals surface area contributed by atoms with Crippen molar-refractivity contribution in [1.82, 2.24) is 0 Å². The third kappa shape index (κ3) is 27.9. The molecule has 0 aliphatic rings. The van der Waals surface area contributed by atoms with Crippen molar-refractivity contribution in [2.45, 2.75) is 208 Å². The zero-order chi connectivity index (χ0) is 31.0. The second-order valence-electron chi connectivity index (χ2n) is 14.5. The van der Waals surface area contributed by atoms with Gasteiger partial charge in [0, 0.05) is 12.8 Å². The molecule has 0 rings (SSSR count). The predicted molar refractivity (Wildman–Crippen MR) is 194 cm³/mol. The van der Waals surface area contributed by atoms with E-state index in [0.717, 1.165) is 0 Å². The number of halogens is 2. The fourth-order valence-corrected chi connectivity index (χ4v) is 8.00. The minimum absolute atomic E-state index is 0. The van der Waals surface area contributed by atoms with Crippen LogP contribution in [-0.4, -0.2) is 61.3 Å². The van der Waals surface area contributed by atoms with Crippen LogP contribution in [0.2, 0.25) is 0 Å². The molecule has 4 heteroatoms. The summed E-state index contributed by atoms with van der Waals surface area (Å²) in [5.74, 6) is 0. The highest BCUT2D eigenvalue weighted by molar-refractivity contribution is 4.54. The zero-order valence-corrected chi connectivity index (χ0v) is 34.9. The second kappa shape index (κ2) is 36.7. The van der Waals surface area contributed by atoms with E-state index in [4.69, 9.17) is 0 Å². The van der Waals surface area contributed by atoms with E-state index >= 15 is 0 Å². The molecule has 0 atom stereocenters. The summed E-state index contributed by atoms with van der Waals surface area (Å²) in [4.78, 5) is 0. The van der Waals surface area contributed by atoms with Gasteiger partial charge >= 0.3 is 0 Å². The van der Waals surface area contributed by atoms with Gasteiger partial charge in [0.05, 0.1) is 52.4 Å². The lowest BCUT2D eigenvalue weighted by Gasteiger charge is -2.41. The standard InChI is InChI=1S/C40H86N2.2BrH/c1-7-13-15-17-19-21-23-25-27-29-37-41(33-9-3,34-10-4)39-31-32-40-42(35-11-5,36-12-6)38-30-28-26-24-22-20-18-16-14-8-2;;/h7-40H2,1-6H3;2*1H/q+2;;/p-2. The Balaban J connectivity index is -0.00000840. The number of nitrogens with zero attached hydrogens (tertiary/aromatic N) is 2. The molecule has 0 fully saturated rings. The Labute approximate surface area is 302 Å². The predicted octanol–water partition coefficient (Wildman–Crippen LogP) is 6.89. The molecule has 270 valence electrons. The summed E-state index contributed by atoms with van der Waals surface area (Å²) in [5.41, 5.74) is 0. The molecule has 0 bridgehead atoms. The number of hydrogen-bond donors (Lipinski definition) is 0. The van der Waals surface area contributed by atoms with E-state index < -0.39 is 0 Å². The van der Waals surface area contributed by atoms with Crippen molar-refractivity contribution in [3.63, 3.8) is 0 Å². The summed E-state index contributed by atoms with van der Waals surface area (Å²) in [6, 6.07) is 0. The monoisotopic (exact) mass is 753 g/mol. The van der Waals surface area contributed by atoms with Gasteiger partial charge in [0.1, 0.15) is 0 Å². The van der Waals surface area contributed by atoms with E-state index in [1.807, 2.05) is 0 Å². The van der Waals surface area contributed by atoms with Gasteiger partial charge < -0.3 is 42.9 Å². The Morgan fingerprint density at radius 1 is 0.205 bits per heavy atom. The molecule has 0 spiro atoms. The largest absolute Gasteiger partial charge is 1.00 e. The molecule has 0 aromatic heterocycles. The minimum Gasteiger partial charge on any atom is -1.00 e. The van der Waals surface area contributed by atoms with E-state index in [1.165, 1.54) is 228 Å². The van der Waals surface area contributed by atoms with Gasteiger partial charge in [-0.3, -0.25) is 0 Å². The van der Waals surface area contributed by atoms with Crippen LogP contribution in [0.25, 0.3) is 0 Å². The van der Waals surface area contributed by atoms with Crippen LogP contribution < -0.4 is 34.0 Å². The average molecular weight is 755 g/mol. The van der Waals surface area contributed by atoms with Gasteiger partial charge in [0.25, 0.3) is 0 Å². The molecule has 0 aliphatic heterocycles. The molecule has 0 heterocycles. The molecule has 0 aromatic rings. The van der Waals surface area contributed by atoms with Crippen LogP contribution in [0.1, 0.15) is 208 Å². The summed E-state index contributed by atoms with van der Waals surface area (Å²) in [5, 5.41) is 0. The van der Waals surface area contributed by atoms with E-state index in [0.29, 0.717) is 0 Å². The Kier molecular flexibility index (Phi) is 41.1. The third-order valence-corrected chi connectivity index (χ3v) is 10.3. The van der Waals surface area contributed by atoms with Gasteiger partial charge in [-0.05, 0) is 51.4 Å². The molecule has 44 heavy (non-hydrogen) atoms. The Morgan fingerprint density at radius 2 is 0.386 bits per heavy atom. The molecule has 0 aromatic carbocycles. The van der Waals surface area contributed by atoms with Crippen molar-refractivity contribution in [2.24, 2.45) is 0 Å². The van der Waals surface area contributed by atoms with Crippen molar-refractivity contribution < 1.29 is 42.9 Å². The SMILES string of the molecule is CCCCCCCCCCCC[N+](CCC)(CCC)CCCC[N+](CCC)(CCC)CCCCCCCCCCCC.[Br-].[Br-]. The van der Waals surface area contributed by atoms with Crippen LogP contribution in [-0.2, 0) is 0 Å². The maximum absolute atomic E-state index is 2.43. The average Bonchev–Trinajstić information content (AvgIpc) is 2.98. The highest BCUT2D eigenvalue weighted by Gasteiger charge is 2.28. The first-order valence-electron chi connectivity index (χ1n) is 20.3. The molecule has 0 radical (unpaired) electrons. The first-order chi connectivity index (χ1) is 20.6. The number of rotatable bonds is 35. The first kappa shape index (κ1) is 49.3. The summed E-state index contributed by atoms with van der Waals surface area (Å²) in [7, 11) is 0. The molecular weight excluding hydrogens is 668 g/mol. The van der Waals surface area contributed by atoms with Gasteiger partial charge in [0.15, 0.2) is 0 Å². The van der Waals surface area contributed by atoms with Crippen molar-refractivity contribution in [2.75, 3.05) is 52.4 Å². The smallest absolute Gasteiger partial charge is 0.0788 e. The molecule has 0 saturated heterocycles. The van der Waals surface area contributed by atoms with Gasteiger partial charge in [-0.2, -0.15) is 0 Å². The van der Waals surface area contributed by atoms with E-state index in [-0.39, 0.29) is 34.0 Å². The summed E-state index contributed by atoms with van der Waals surface area (Å²) < 4.78 is 2.84. The molecule has 0 amide bonds. The van der Waals surface area contributed by atoms with E-state index in [9.17, 15) is 0 Å². The highest BCUT2D eigenvalue weighted by atomic mass is 79.9. The van der Waals surface area contributed by atoms with Gasteiger partial charge in [-0.15, -0.1) is 0 Å².